The summed E-state index contributed by atoms with van der Waals surface area (Å²) < 4.78 is 16.8. The molecule has 0 N–H and O–H groups in total. The maximum absolute atomic E-state index is 6.21. The molecule has 94 valence electrons. The third-order valence-corrected chi connectivity index (χ3v) is 4.21. The standard InChI is InChI=1S/C13H14N2O3/c1-3-13(4-2)12-11(16-12)7-5-8-9(15-18-14-8)6-10(7)17-13/h5-6,11-12H,3-4H2,1-2H3. The quantitative estimate of drug-likeness (QED) is 0.762. The molecule has 0 spiro atoms. The summed E-state index contributed by atoms with van der Waals surface area (Å²) in [5.41, 5.74) is 2.37. The van der Waals surface area contributed by atoms with Crippen molar-refractivity contribution in [3.05, 3.63) is 17.7 Å². The molecule has 1 aromatic carbocycles. The third-order valence-electron chi connectivity index (χ3n) is 4.21. The van der Waals surface area contributed by atoms with Crippen LogP contribution in [0.3, 0.4) is 0 Å². The molecule has 2 aliphatic heterocycles. The SMILES string of the molecule is CCC1(CC)Oc2cc3nonc3cc2C2OC21. The molecule has 0 radical (unpaired) electrons. The lowest BCUT2D eigenvalue weighted by atomic mass is 9.86. The summed E-state index contributed by atoms with van der Waals surface area (Å²) in [4.78, 5) is 0. The summed E-state index contributed by atoms with van der Waals surface area (Å²) in [5, 5.41) is 7.72. The first kappa shape index (κ1) is 10.3. The van der Waals surface area contributed by atoms with Crippen LogP contribution in [0.5, 0.6) is 5.75 Å². The zero-order valence-corrected chi connectivity index (χ0v) is 10.3. The largest absolute Gasteiger partial charge is 0.484 e. The van der Waals surface area contributed by atoms with E-state index in [0.29, 0.717) is 0 Å². The first-order chi connectivity index (χ1) is 8.77. The van der Waals surface area contributed by atoms with Gasteiger partial charge in [-0.3, -0.25) is 0 Å². The van der Waals surface area contributed by atoms with Crippen molar-refractivity contribution in [1.29, 1.82) is 0 Å². The number of aromatic nitrogens is 2. The van der Waals surface area contributed by atoms with Crippen molar-refractivity contribution in [2.24, 2.45) is 0 Å². The van der Waals surface area contributed by atoms with E-state index in [1.807, 2.05) is 12.1 Å². The predicted octanol–water partition coefficient (Wildman–Crippen LogP) is 2.61. The number of nitrogens with zero attached hydrogens (tertiary/aromatic N) is 2. The molecule has 2 aliphatic rings. The second-order valence-electron chi connectivity index (χ2n) is 4.99. The minimum Gasteiger partial charge on any atom is -0.484 e. The Hall–Kier alpha value is -1.62. The van der Waals surface area contributed by atoms with Crippen molar-refractivity contribution >= 4 is 11.0 Å². The van der Waals surface area contributed by atoms with E-state index < -0.39 is 0 Å². The van der Waals surface area contributed by atoms with E-state index in [9.17, 15) is 0 Å². The molecule has 0 aliphatic carbocycles. The molecule has 0 bridgehead atoms. The molecule has 1 fully saturated rings. The molecular weight excluding hydrogens is 232 g/mol. The summed E-state index contributed by atoms with van der Waals surface area (Å²) in [6, 6.07) is 3.86. The van der Waals surface area contributed by atoms with Gasteiger partial charge in [0.05, 0.1) is 0 Å². The van der Waals surface area contributed by atoms with E-state index in [0.717, 1.165) is 35.2 Å². The van der Waals surface area contributed by atoms with Crippen molar-refractivity contribution in [1.82, 2.24) is 10.3 Å². The van der Waals surface area contributed by atoms with Crippen molar-refractivity contribution in [2.45, 2.75) is 44.5 Å². The van der Waals surface area contributed by atoms with E-state index in [4.69, 9.17) is 14.1 Å². The van der Waals surface area contributed by atoms with Gasteiger partial charge in [0.15, 0.2) is 0 Å². The van der Waals surface area contributed by atoms with Gasteiger partial charge in [-0.25, -0.2) is 4.63 Å². The molecule has 2 aromatic rings. The summed E-state index contributed by atoms with van der Waals surface area (Å²) >= 11 is 0. The van der Waals surface area contributed by atoms with Crippen LogP contribution in [0.15, 0.2) is 16.8 Å². The maximum Gasteiger partial charge on any atom is 0.138 e. The van der Waals surface area contributed by atoms with Gasteiger partial charge in [0, 0.05) is 11.6 Å². The van der Waals surface area contributed by atoms with Gasteiger partial charge >= 0.3 is 0 Å². The molecule has 0 amide bonds. The fourth-order valence-corrected chi connectivity index (χ4v) is 2.96. The average Bonchev–Trinajstić information content (AvgIpc) is 3.09. The lowest BCUT2D eigenvalue weighted by molar-refractivity contribution is 0.0279. The Morgan fingerprint density at radius 1 is 1.17 bits per heavy atom. The van der Waals surface area contributed by atoms with Crippen LogP contribution < -0.4 is 4.74 Å². The molecular formula is C13H14N2O3. The Morgan fingerprint density at radius 3 is 2.61 bits per heavy atom. The minimum atomic E-state index is -0.192. The van der Waals surface area contributed by atoms with Gasteiger partial charge in [-0.05, 0) is 29.2 Å². The van der Waals surface area contributed by atoms with Gasteiger partial charge < -0.3 is 9.47 Å². The van der Waals surface area contributed by atoms with Crippen molar-refractivity contribution in [3.8, 4) is 5.75 Å². The molecule has 3 heterocycles. The summed E-state index contributed by atoms with van der Waals surface area (Å²) in [7, 11) is 0. The summed E-state index contributed by atoms with van der Waals surface area (Å²) in [6.45, 7) is 4.28. The van der Waals surface area contributed by atoms with Gasteiger partial charge in [-0.1, -0.05) is 13.8 Å². The molecule has 5 heteroatoms. The Bertz CT molecular complexity index is 618. The van der Waals surface area contributed by atoms with Crippen molar-refractivity contribution in [3.63, 3.8) is 0 Å². The Kier molecular flexibility index (Phi) is 1.85. The lowest BCUT2D eigenvalue weighted by Crippen LogP contribution is -2.43. The fraction of sp³-hybridized carbons (Fsp3) is 0.538. The van der Waals surface area contributed by atoms with E-state index in [1.165, 1.54) is 0 Å². The van der Waals surface area contributed by atoms with Gasteiger partial charge in [0.25, 0.3) is 0 Å². The van der Waals surface area contributed by atoms with Crippen molar-refractivity contribution < 1.29 is 14.1 Å². The monoisotopic (exact) mass is 246 g/mol. The zero-order chi connectivity index (χ0) is 12.3. The Balaban J connectivity index is 1.88. The number of benzene rings is 1. The average molecular weight is 246 g/mol. The minimum absolute atomic E-state index is 0.148. The highest BCUT2D eigenvalue weighted by atomic mass is 16.6. The maximum atomic E-state index is 6.21. The van der Waals surface area contributed by atoms with Crippen molar-refractivity contribution in [2.75, 3.05) is 0 Å². The zero-order valence-electron chi connectivity index (χ0n) is 10.3. The van der Waals surface area contributed by atoms with E-state index in [-0.39, 0.29) is 17.8 Å². The van der Waals surface area contributed by atoms with Crippen LogP contribution in [-0.2, 0) is 4.74 Å². The summed E-state index contributed by atoms with van der Waals surface area (Å²) in [5.74, 6) is 0.862. The molecule has 2 atom stereocenters. The molecule has 1 aromatic heterocycles. The van der Waals surface area contributed by atoms with Crippen LogP contribution in [0, 0.1) is 0 Å². The highest BCUT2D eigenvalue weighted by Gasteiger charge is 2.59. The number of hydrogen-bond acceptors (Lipinski definition) is 5. The highest BCUT2D eigenvalue weighted by Crippen LogP contribution is 2.56. The number of ether oxygens (including phenoxy) is 2. The van der Waals surface area contributed by atoms with Gasteiger partial charge in [-0.2, -0.15) is 0 Å². The van der Waals surface area contributed by atoms with Crippen LogP contribution in [-0.4, -0.2) is 22.0 Å². The lowest BCUT2D eigenvalue weighted by Gasteiger charge is -2.34. The fourth-order valence-electron chi connectivity index (χ4n) is 2.96. The Labute approximate surface area is 104 Å². The van der Waals surface area contributed by atoms with E-state index in [1.54, 1.807) is 0 Å². The first-order valence-electron chi connectivity index (χ1n) is 6.38. The molecule has 18 heavy (non-hydrogen) atoms. The second-order valence-corrected chi connectivity index (χ2v) is 4.99. The molecule has 2 unspecified atom stereocenters. The molecule has 4 rings (SSSR count). The second kappa shape index (κ2) is 3.23. The van der Waals surface area contributed by atoms with E-state index in [2.05, 4.69) is 24.2 Å². The number of fused-ring (bicyclic) bond motifs is 4. The summed E-state index contributed by atoms with van der Waals surface area (Å²) in [6.07, 6.45) is 2.21. The smallest absolute Gasteiger partial charge is 0.138 e. The number of hydrogen-bond donors (Lipinski definition) is 0. The van der Waals surface area contributed by atoms with Gasteiger partial charge in [0.1, 0.15) is 34.6 Å². The van der Waals surface area contributed by atoms with Crippen LogP contribution in [0.4, 0.5) is 0 Å². The van der Waals surface area contributed by atoms with E-state index >= 15 is 0 Å². The first-order valence-corrected chi connectivity index (χ1v) is 6.38. The highest BCUT2D eigenvalue weighted by molar-refractivity contribution is 5.77. The molecule has 0 saturated carbocycles. The third kappa shape index (κ3) is 1.15. The Morgan fingerprint density at radius 2 is 1.89 bits per heavy atom. The molecule has 1 saturated heterocycles. The van der Waals surface area contributed by atoms with Gasteiger partial charge in [0.2, 0.25) is 0 Å². The topological polar surface area (TPSA) is 60.7 Å². The van der Waals surface area contributed by atoms with Gasteiger partial charge in [-0.15, -0.1) is 0 Å². The van der Waals surface area contributed by atoms with Crippen LogP contribution >= 0.6 is 0 Å². The normalized spacial score (nSPS) is 27.4. The predicted molar refractivity (Wildman–Crippen MR) is 63.4 cm³/mol. The van der Waals surface area contributed by atoms with Crippen LogP contribution in [0.2, 0.25) is 0 Å². The number of epoxide rings is 1. The number of rotatable bonds is 2. The van der Waals surface area contributed by atoms with Crippen LogP contribution in [0.1, 0.15) is 38.4 Å². The molecule has 5 nitrogen and oxygen atoms in total. The van der Waals surface area contributed by atoms with Crippen LogP contribution in [0.25, 0.3) is 11.0 Å².